The van der Waals surface area contributed by atoms with Crippen LogP contribution in [0.4, 0.5) is 4.39 Å². The zero-order valence-electron chi connectivity index (χ0n) is 23.0. The predicted octanol–water partition coefficient (Wildman–Crippen LogP) is 0.658. The Hall–Kier alpha value is -3.05. The van der Waals surface area contributed by atoms with Crippen molar-refractivity contribution in [3.05, 3.63) is 35.6 Å². The molecule has 1 aromatic carbocycles. The van der Waals surface area contributed by atoms with E-state index < -0.39 is 24.2 Å². The number of amides is 3. The second-order valence-electron chi connectivity index (χ2n) is 10.1. The van der Waals surface area contributed by atoms with Gasteiger partial charge in [-0.25, -0.2) is 4.39 Å². The number of likely N-dealkylation sites (N-methyl/N-ethyl adjacent to an activating group) is 2. The number of hydrogen-bond acceptors (Lipinski definition) is 7. The van der Waals surface area contributed by atoms with Crippen molar-refractivity contribution in [2.75, 3.05) is 47.4 Å². The number of benzene rings is 1. The Morgan fingerprint density at radius 3 is 2.55 bits per heavy atom. The Bertz CT molecular complexity index is 990. The van der Waals surface area contributed by atoms with Gasteiger partial charge in [-0.2, -0.15) is 0 Å². The molecule has 11 heteroatoms. The number of carbonyl (C=O) groups excluding carboxylic acids is 3. The quantitative estimate of drug-likeness (QED) is 0.410. The smallest absolute Gasteiger partial charge is 0.249 e. The Morgan fingerprint density at radius 1 is 1.24 bits per heavy atom. The highest BCUT2D eigenvalue weighted by atomic mass is 19.1. The van der Waals surface area contributed by atoms with Crippen molar-refractivity contribution < 1.29 is 23.5 Å². The van der Waals surface area contributed by atoms with Gasteiger partial charge in [0.25, 0.3) is 0 Å². The Labute approximate surface area is 224 Å². The van der Waals surface area contributed by atoms with Crippen molar-refractivity contribution in [1.29, 1.82) is 0 Å². The summed E-state index contributed by atoms with van der Waals surface area (Å²) in [6, 6.07) is 4.25. The van der Waals surface area contributed by atoms with Gasteiger partial charge in [0, 0.05) is 46.4 Å². The number of aliphatic imine (C=N–C) groups is 1. The molecule has 0 saturated carbocycles. The summed E-state index contributed by atoms with van der Waals surface area (Å²) >= 11 is 0. The molecular weight excluding hydrogens is 491 g/mol. The highest BCUT2D eigenvalue weighted by molar-refractivity contribution is 5.90. The molecule has 3 rings (SSSR count). The van der Waals surface area contributed by atoms with E-state index in [1.165, 1.54) is 19.2 Å². The number of carbonyl (C=O) groups is 3. The lowest BCUT2D eigenvalue weighted by molar-refractivity contribution is -0.142. The number of hydrogen-bond donors (Lipinski definition) is 2. The second-order valence-corrected chi connectivity index (χ2v) is 10.1. The molecule has 1 unspecified atom stereocenters. The first-order chi connectivity index (χ1) is 18.1. The first kappa shape index (κ1) is 29.5. The molecule has 0 spiro atoms. The van der Waals surface area contributed by atoms with Crippen LogP contribution in [0.3, 0.4) is 0 Å². The lowest BCUT2D eigenvalue weighted by atomic mass is 10.1. The van der Waals surface area contributed by atoms with Gasteiger partial charge >= 0.3 is 0 Å². The van der Waals surface area contributed by atoms with E-state index in [1.807, 2.05) is 11.9 Å². The van der Waals surface area contributed by atoms with E-state index >= 15 is 0 Å². The summed E-state index contributed by atoms with van der Waals surface area (Å²) in [5, 5.41) is 5.72. The minimum Gasteiger partial charge on any atom is -0.379 e. The van der Waals surface area contributed by atoms with Gasteiger partial charge in [0.05, 0.1) is 18.5 Å². The molecular formula is C27H41FN6O4. The minimum absolute atomic E-state index is 0.0926. The van der Waals surface area contributed by atoms with Gasteiger partial charge in [0.2, 0.25) is 17.7 Å². The highest BCUT2D eigenvalue weighted by Crippen LogP contribution is 2.22. The first-order valence-electron chi connectivity index (χ1n) is 13.2. The fourth-order valence-electron chi connectivity index (χ4n) is 4.79. The van der Waals surface area contributed by atoms with Crippen molar-refractivity contribution in [2.24, 2.45) is 4.99 Å². The molecule has 3 amide bonds. The molecule has 0 aromatic heterocycles. The fraction of sp³-hybridized carbons (Fsp3) is 0.630. The summed E-state index contributed by atoms with van der Waals surface area (Å²) in [4.78, 5) is 49.6. The minimum atomic E-state index is -0.847. The van der Waals surface area contributed by atoms with Crippen molar-refractivity contribution in [3.8, 4) is 0 Å². The van der Waals surface area contributed by atoms with Crippen LogP contribution in [0.2, 0.25) is 0 Å². The fourth-order valence-corrected chi connectivity index (χ4v) is 4.79. The van der Waals surface area contributed by atoms with Crippen molar-refractivity contribution in [2.45, 2.75) is 63.4 Å². The Morgan fingerprint density at radius 2 is 1.95 bits per heavy atom. The number of rotatable bonds is 12. The molecule has 1 fully saturated rings. The number of nitrogens with zero attached hydrogens (tertiary/aromatic N) is 4. The molecule has 5 atom stereocenters. The van der Waals surface area contributed by atoms with Gasteiger partial charge < -0.3 is 30.1 Å². The number of nitrogens with one attached hydrogen (secondary N) is 2. The zero-order chi connectivity index (χ0) is 27.8. The molecule has 10 nitrogen and oxygen atoms in total. The van der Waals surface area contributed by atoms with E-state index in [1.54, 1.807) is 49.2 Å². The van der Waals surface area contributed by atoms with E-state index in [0.717, 1.165) is 18.4 Å². The number of halogens is 1. The van der Waals surface area contributed by atoms with E-state index in [4.69, 9.17) is 4.74 Å². The number of likely N-dealkylation sites (tertiary alicyclic amines) is 1. The molecule has 0 radical (unpaired) electrons. The maximum atomic E-state index is 13.7. The van der Waals surface area contributed by atoms with Crippen LogP contribution < -0.4 is 10.6 Å². The van der Waals surface area contributed by atoms with Crippen LogP contribution in [0.15, 0.2) is 29.3 Å². The molecule has 0 aliphatic carbocycles. The molecule has 1 saturated heterocycles. The first-order valence-corrected chi connectivity index (χ1v) is 13.2. The molecule has 1 aromatic rings. The topological polar surface area (TPSA) is 107 Å². The van der Waals surface area contributed by atoms with E-state index in [-0.39, 0.29) is 29.6 Å². The highest BCUT2D eigenvalue weighted by Gasteiger charge is 2.39. The third kappa shape index (κ3) is 7.50. The maximum absolute atomic E-state index is 13.7. The summed E-state index contributed by atoms with van der Waals surface area (Å²) in [6.45, 7) is 5.30. The lowest BCUT2D eigenvalue weighted by Crippen LogP contribution is -2.59. The normalized spacial score (nSPS) is 21.3. The monoisotopic (exact) mass is 532 g/mol. The third-order valence-electron chi connectivity index (χ3n) is 7.41. The average molecular weight is 533 g/mol. The van der Waals surface area contributed by atoms with E-state index in [2.05, 4.69) is 15.6 Å². The summed E-state index contributed by atoms with van der Waals surface area (Å²) < 4.78 is 18.8. The number of ether oxygens (including phenoxy) is 1. The number of methoxy groups -OCH3 is 1. The van der Waals surface area contributed by atoms with Crippen LogP contribution in [0.25, 0.3) is 0 Å². The van der Waals surface area contributed by atoms with Crippen LogP contribution >= 0.6 is 0 Å². The zero-order valence-corrected chi connectivity index (χ0v) is 23.0. The van der Waals surface area contributed by atoms with Crippen LogP contribution in [-0.4, -0.2) is 116 Å². The molecule has 2 heterocycles. The Kier molecular flexibility index (Phi) is 10.6. The Balaban J connectivity index is 1.76. The molecule has 210 valence electrons. The van der Waals surface area contributed by atoms with Gasteiger partial charge in [-0.15, -0.1) is 0 Å². The largest absolute Gasteiger partial charge is 0.379 e. The maximum Gasteiger partial charge on any atom is 0.249 e. The predicted molar refractivity (Wildman–Crippen MR) is 143 cm³/mol. The van der Waals surface area contributed by atoms with Crippen molar-refractivity contribution in [1.82, 2.24) is 25.3 Å². The van der Waals surface area contributed by atoms with Crippen LogP contribution in [0.1, 0.15) is 32.3 Å². The average Bonchev–Trinajstić information content (AvgIpc) is 3.57. The van der Waals surface area contributed by atoms with Gasteiger partial charge in [-0.05, 0) is 57.9 Å². The van der Waals surface area contributed by atoms with Crippen LogP contribution in [0, 0.1) is 5.82 Å². The van der Waals surface area contributed by atoms with Crippen LogP contribution in [-0.2, 0) is 25.5 Å². The van der Waals surface area contributed by atoms with Gasteiger partial charge in [-0.3, -0.25) is 19.4 Å². The lowest BCUT2D eigenvalue weighted by Gasteiger charge is -2.35. The molecule has 0 bridgehead atoms. The van der Waals surface area contributed by atoms with Gasteiger partial charge in [0.1, 0.15) is 17.9 Å². The molecule has 2 N–H and O–H groups in total. The molecule has 38 heavy (non-hydrogen) atoms. The summed E-state index contributed by atoms with van der Waals surface area (Å²) in [6.07, 6.45) is 3.24. The van der Waals surface area contributed by atoms with Crippen LogP contribution in [0.5, 0.6) is 0 Å². The second kappa shape index (κ2) is 13.7. The van der Waals surface area contributed by atoms with E-state index in [0.29, 0.717) is 32.6 Å². The van der Waals surface area contributed by atoms with Crippen molar-refractivity contribution >= 4 is 24.1 Å². The standard InChI is InChI=1S/C27H41FN6O4/c1-18(29-3)25(35)31-24(19(2)38-5)27(37)34-13-6-7-22(34)15-33(26(36)23-16-32(4)17-30-23)14-12-20-8-10-21(28)11-9-20/h8-11,17-19,22-24,29H,6-7,12-16H2,1-5H3,(H,31,35)/t18-,19+,22-,23?,24-/m0/s1. The SMILES string of the molecule is CN[C@@H](C)C(=O)N[C@H](C(=O)N1CCC[C@H]1CN(CCc1ccc(F)cc1)C(=O)C1CN(C)C=N1)[C@@H](C)OC. The molecule has 2 aliphatic rings. The van der Waals surface area contributed by atoms with Crippen molar-refractivity contribution in [3.63, 3.8) is 0 Å². The summed E-state index contributed by atoms with van der Waals surface area (Å²) in [5.74, 6) is -0.904. The molecule has 2 aliphatic heterocycles. The van der Waals surface area contributed by atoms with Gasteiger partial charge in [0.15, 0.2) is 0 Å². The summed E-state index contributed by atoms with van der Waals surface area (Å²) in [7, 11) is 5.06. The summed E-state index contributed by atoms with van der Waals surface area (Å²) in [5.41, 5.74) is 0.922. The van der Waals surface area contributed by atoms with E-state index in [9.17, 15) is 18.8 Å². The third-order valence-corrected chi connectivity index (χ3v) is 7.41. The van der Waals surface area contributed by atoms with Gasteiger partial charge in [-0.1, -0.05) is 12.1 Å².